The van der Waals surface area contributed by atoms with E-state index in [9.17, 15) is 14.0 Å². The summed E-state index contributed by atoms with van der Waals surface area (Å²) in [4.78, 5) is 23.0. The van der Waals surface area contributed by atoms with Crippen molar-refractivity contribution in [3.63, 3.8) is 0 Å². The summed E-state index contributed by atoms with van der Waals surface area (Å²) >= 11 is 3.11. The van der Waals surface area contributed by atoms with E-state index in [0.717, 1.165) is 6.07 Å². The Balaban J connectivity index is 3.02. The SMILES string of the molecule is CCOC(=O)c1ccc(F)c(C(=O)CCBr)c1. The van der Waals surface area contributed by atoms with Crippen molar-refractivity contribution in [1.29, 1.82) is 0 Å². The van der Waals surface area contributed by atoms with Gasteiger partial charge in [0.15, 0.2) is 5.78 Å². The van der Waals surface area contributed by atoms with Crippen molar-refractivity contribution in [2.24, 2.45) is 0 Å². The first-order valence-corrected chi connectivity index (χ1v) is 6.28. The van der Waals surface area contributed by atoms with E-state index < -0.39 is 11.8 Å². The van der Waals surface area contributed by atoms with E-state index in [4.69, 9.17) is 4.74 Å². The molecule has 0 heterocycles. The van der Waals surface area contributed by atoms with E-state index >= 15 is 0 Å². The number of hydrogen-bond donors (Lipinski definition) is 0. The van der Waals surface area contributed by atoms with Crippen molar-refractivity contribution in [3.8, 4) is 0 Å². The van der Waals surface area contributed by atoms with Gasteiger partial charge in [-0.05, 0) is 25.1 Å². The van der Waals surface area contributed by atoms with Crippen LogP contribution >= 0.6 is 15.9 Å². The molecule has 0 fully saturated rings. The third-order valence-corrected chi connectivity index (χ3v) is 2.50. The summed E-state index contributed by atoms with van der Waals surface area (Å²) < 4.78 is 18.2. The lowest BCUT2D eigenvalue weighted by Gasteiger charge is -2.05. The summed E-state index contributed by atoms with van der Waals surface area (Å²) in [6.45, 7) is 1.92. The number of ether oxygens (including phenoxy) is 1. The Morgan fingerprint density at radius 2 is 2.12 bits per heavy atom. The Hall–Kier alpha value is -1.23. The summed E-state index contributed by atoms with van der Waals surface area (Å²) in [5, 5.41) is 0.453. The molecule has 1 aromatic carbocycles. The molecule has 0 saturated heterocycles. The lowest BCUT2D eigenvalue weighted by Crippen LogP contribution is -2.09. The van der Waals surface area contributed by atoms with Gasteiger partial charge in [0.25, 0.3) is 0 Å². The molecule has 1 aromatic rings. The third-order valence-electron chi connectivity index (χ3n) is 2.10. The molecule has 0 saturated carbocycles. The maximum Gasteiger partial charge on any atom is 0.338 e. The van der Waals surface area contributed by atoms with E-state index in [0.29, 0.717) is 5.33 Å². The average molecular weight is 303 g/mol. The number of carbonyl (C=O) groups excluding carboxylic acids is 2. The molecule has 0 bridgehead atoms. The van der Waals surface area contributed by atoms with Crippen LogP contribution < -0.4 is 0 Å². The van der Waals surface area contributed by atoms with Gasteiger partial charge in [0.05, 0.1) is 17.7 Å². The van der Waals surface area contributed by atoms with Gasteiger partial charge in [-0.1, -0.05) is 15.9 Å². The normalized spacial score (nSPS) is 10.1. The number of alkyl halides is 1. The first kappa shape index (κ1) is 13.8. The third kappa shape index (κ3) is 3.63. The molecular weight excluding hydrogens is 291 g/mol. The Labute approximate surface area is 107 Å². The fraction of sp³-hybridized carbons (Fsp3) is 0.333. The molecule has 3 nitrogen and oxygen atoms in total. The zero-order valence-electron chi connectivity index (χ0n) is 9.33. The molecule has 0 aliphatic rings. The second-order valence-corrected chi connectivity index (χ2v) is 4.07. The van der Waals surface area contributed by atoms with E-state index in [1.165, 1.54) is 12.1 Å². The number of hydrogen-bond acceptors (Lipinski definition) is 3. The van der Waals surface area contributed by atoms with Crippen LogP contribution in [0.3, 0.4) is 0 Å². The second kappa shape index (κ2) is 6.49. The van der Waals surface area contributed by atoms with Gasteiger partial charge in [0, 0.05) is 11.8 Å². The minimum absolute atomic E-state index is 0.0741. The van der Waals surface area contributed by atoms with Crippen molar-refractivity contribution in [2.45, 2.75) is 13.3 Å². The molecule has 0 radical (unpaired) electrons. The lowest BCUT2D eigenvalue weighted by atomic mass is 10.0. The molecule has 17 heavy (non-hydrogen) atoms. The molecule has 0 amide bonds. The Morgan fingerprint density at radius 1 is 1.41 bits per heavy atom. The minimum atomic E-state index is -0.621. The maximum absolute atomic E-state index is 13.4. The molecule has 0 aliphatic heterocycles. The quantitative estimate of drug-likeness (QED) is 0.477. The van der Waals surface area contributed by atoms with Crippen LogP contribution in [0.25, 0.3) is 0 Å². The number of ketones is 1. The van der Waals surface area contributed by atoms with E-state index in [2.05, 4.69) is 15.9 Å². The predicted octanol–water partition coefficient (Wildman–Crippen LogP) is 2.97. The zero-order valence-corrected chi connectivity index (χ0v) is 10.9. The molecular formula is C12H12BrFO3. The van der Waals surface area contributed by atoms with Crippen LogP contribution in [0.4, 0.5) is 4.39 Å². The average Bonchev–Trinajstić information content (AvgIpc) is 2.30. The van der Waals surface area contributed by atoms with Crippen LogP contribution in [0.1, 0.15) is 34.1 Å². The highest BCUT2D eigenvalue weighted by atomic mass is 79.9. The molecule has 0 aromatic heterocycles. The van der Waals surface area contributed by atoms with Gasteiger partial charge < -0.3 is 4.74 Å². The number of benzene rings is 1. The van der Waals surface area contributed by atoms with Gasteiger partial charge in [-0.2, -0.15) is 0 Å². The van der Waals surface area contributed by atoms with Gasteiger partial charge in [-0.3, -0.25) is 4.79 Å². The van der Waals surface area contributed by atoms with Crippen molar-refractivity contribution in [3.05, 3.63) is 35.1 Å². The Morgan fingerprint density at radius 3 is 2.71 bits per heavy atom. The fourth-order valence-corrected chi connectivity index (χ4v) is 1.66. The number of halogens is 2. The number of carbonyl (C=O) groups is 2. The molecule has 0 spiro atoms. The standard InChI is InChI=1S/C12H12BrFO3/c1-2-17-12(16)8-3-4-10(14)9(7-8)11(15)5-6-13/h3-4,7H,2,5-6H2,1H3. The van der Waals surface area contributed by atoms with Gasteiger partial charge >= 0.3 is 5.97 Å². The van der Waals surface area contributed by atoms with Crippen LogP contribution in [0.2, 0.25) is 0 Å². The summed E-state index contributed by atoms with van der Waals surface area (Å²) in [6.07, 6.45) is 0.184. The van der Waals surface area contributed by atoms with E-state index in [-0.39, 0.29) is 29.9 Å². The highest BCUT2D eigenvalue weighted by molar-refractivity contribution is 9.09. The van der Waals surface area contributed by atoms with Gasteiger partial charge in [-0.15, -0.1) is 0 Å². The van der Waals surface area contributed by atoms with Gasteiger partial charge in [0.1, 0.15) is 5.82 Å². The van der Waals surface area contributed by atoms with Crippen molar-refractivity contribution < 1.29 is 18.7 Å². The van der Waals surface area contributed by atoms with Crippen LogP contribution in [-0.2, 0) is 4.74 Å². The molecule has 0 N–H and O–H groups in total. The van der Waals surface area contributed by atoms with Crippen LogP contribution in [0.15, 0.2) is 18.2 Å². The van der Waals surface area contributed by atoms with Crippen molar-refractivity contribution in [2.75, 3.05) is 11.9 Å². The first-order chi connectivity index (χ1) is 8.10. The number of esters is 1. The predicted molar refractivity (Wildman–Crippen MR) is 65.1 cm³/mol. The topological polar surface area (TPSA) is 43.4 Å². The summed E-state index contributed by atoms with van der Waals surface area (Å²) in [7, 11) is 0. The molecule has 0 aliphatic carbocycles. The van der Waals surface area contributed by atoms with E-state index in [1.54, 1.807) is 6.92 Å². The summed E-state index contributed by atoms with van der Waals surface area (Å²) in [5.74, 6) is -1.52. The molecule has 1 rings (SSSR count). The number of Topliss-reactive ketones (excluding diaryl/α,β-unsaturated/α-hetero) is 1. The van der Waals surface area contributed by atoms with Gasteiger partial charge in [-0.25, -0.2) is 9.18 Å². The Bertz CT molecular complexity index is 432. The van der Waals surface area contributed by atoms with Crippen LogP contribution in [0.5, 0.6) is 0 Å². The zero-order chi connectivity index (χ0) is 12.8. The molecule has 5 heteroatoms. The molecule has 92 valence electrons. The maximum atomic E-state index is 13.4. The van der Waals surface area contributed by atoms with Gasteiger partial charge in [0.2, 0.25) is 0 Å². The monoisotopic (exact) mass is 302 g/mol. The largest absolute Gasteiger partial charge is 0.462 e. The number of rotatable bonds is 5. The highest BCUT2D eigenvalue weighted by Gasteiger charge is 2.15. The molecule has 0 unspecified atom stereocenters. The smallest absolute Gasteiger partial charge is 0.338 e. The minimum Gasteiger partial charge on any atom is -0.462 e. The fourth-order valence-electron chi connectivity index (χ4n) is 1.30. The van der Waals surface area contributed by atoms with Crippen LogP contribution in [-0.4, -0.2) is 23.7 Å². The summed E-state index contributed by atoms with van der Waals surface area (Å²) in [5.41, 5.74) is 0.112. The lowest BCUT2D eigenvalue weighted by molar-refractivity contribution is 0.0526. The second-order valence-electron chi connectivity index (χ2n) is 3.28. The first-order valence-electron chi connectivity index (χ1n) is 5.16. The summed E-state index contributed by atoms with van der Waals surface area (Å²) in [6, 6.07) is 3.64. The highest BCUT2D eigenvalue weighted by Crippen LogP contribution is 2.14. The van der Waals surface area contributed by atoms with Crippen LogP contribution in [0, 0.1) is 5.82 Å². The van der Waals surface area contributed by atoms with Crippen molar-refractivity contribution >= 4 is 27.7 Å². The Kier molecular flexibility index (Phi) is 5.28. The molecule has 0 atom stereocenters. The van der Waals surface area contributed by atoms with E-state index in [1.807, 2.05) is 0 Å². The van der Waals surface area contributed by atoms with Crippen molar-refractivity contribution in [1.82, 2.24) is 0 Å².